The quantitative estimate of drug-likeness (QED) is 0.599. The molecule has 3 aliphatic carbocycles. The van der Waals surface area contributed by atoms with Crippen molar-refractivity contribution in [2.24, 2.45) is 17.3 Å². The van der Waals surface area contributed by atoms with E-state index in [1.54, 1.807) is 0 Å². The minimum atomic E-state index is 0.261. The lowest BCUT2D eigenvalue weighted by Crippen LogP contribution is -2.52. The highest BCUT2D eigenvalue weighted by Gasteiger charge is 2.51. The Labute approximate surface area is 171 Å². The Bertz CT molecular complexity index is 605. The van der Waals surface area contributed by atoms with E-state index in [0.717, 1.165) is 58.2 Å². The first-order valence-corrected chi connectivity index (χ1v) is 11.3. The molecule has 0 aromatic rings. The zero-order chi connectivity index (χ0) is 20.3. The normalized spacial score (nSPS) is 26.4. The van der Waals surface area contributed by atoms with E-state index in [-0.39, 0.29) is 11.8 Å². The van der Waals surface area contributed by atoms with Crippen LogP contribution in [0.2, 0.25) is 0 Å². The molecule has 0 aromatic heterocycles. The van der Waals surface area contributed by atoms with Gasteiger partial charge in [0.1, 0.15) is 0 Å². The monoisotopic (exact) mass is 389 g/mol. The molecule has 2 bridgehead atoms. The van der Waals surface area contributed by atoms with Crippen LogP contribution in [0.25, 0.3) is 0 Å². The van der Waals surface area contributed by atoms with Crippen LogP contribution in [0.3, 0.4) is 0 Å². The van der Waals surface area contributed by atoms with Crippen molar-refractivity contribution < 1.29 is 9.59 Å². The number of amides is 2. The summed E-state index contributed by atoms with van der Waals surface area (Å²) < 4.78 is 0. The number of hydrogen-bond acceptors (Lipinski definition) is 3. The first-order valence-electron chi connectivity index (χ1n) is 11.3. The standard InChI is InChI=1S/C23H39N3O2/c1-5-7-22(28)25-13-10-24(11-14-25)12-15-26(21(27)6-2)17-18-8-9-19-16-20(18)23(19,3)4/h8,19-20H,5-7,9-17H2,1-4H3. The zero-order valence-corrected chi connectivity index (χ0v) is 18.4. The van der Waals surface area contributed by atoms with E-state index < -0.39 is 0 Å². The Morgan fingerprint density at radius 2 is 1.89 bits per heavy atom. The lowest BCUT2D eigenvalue weighted by Gasteiger charge is -2.57. The zero-order valence-electron chi connectivity index (χ0n) is 18.4. The van der Waals surface area contributed by atoms with E-state index in [9.17, 15) is 9.59 Å². The number of carbonyl (C=O) groups is 2. The first kappa shape index (κ1) is 21.4. The Hall–Kier alpha value is -1.36. The second-order valence-electron chi connectivity index (χ2n) is 9.46. The summed E-state index contributed by atoms with van der Waals surface area (Å²) in [5.41, 5.74) is 1.90. The minimum Gasteiger partial charge on any atom is -0.340 e. The Balaban J connectivity index is 1.50. The van der Waals surface area contributed by atoms with Crippen LogP contribution in [0, 0.1) is 17.3 Å². The van der Waals surface area contributed by atoms with Crippen molar-refractivity contribution >= 4 is 11.8 Å². The summed E-state index contributed by atoms with van der Waals surface area (Å²) in [7, 11) is 0. The van der Waals surface area contributed by atoms with E-state index in [1.807, 2.05) is 11.8 Å². The van der Waals surface area contributed by atoms with E-state index in [0.29, 0.717) is 24.2 Å². The van der Waals surface area contributed by atoms with Gasteiger partial charge in [0, 0.05) is 58.7 Å². The topological polar surface area (TPSA) is 43.9 Å². The lowest BCUT2D eigenvalue weighted by molar-refractivity contribution is -0.133. The molecule has 2 atom stereocenters. The highest BCUT2D eigenvalue weighted by molar-refractivity contribution is 5.76. The van der Waals surface area contributed by atoms with Gasteiger partial charge < -0.3 is 9.80 Å². The molecule has 4 rings (SSSR count). The molecule has 2 fully saturated rings. The van der Waals surface area contributed by atoms with Gasteiger partial charge in [-0.15, -0.1) is 0 Å². The molecule has 1 heterocycles. The van der Waals surface area contributed by atoms with Gasteiger partial charge in [-0.25, -0.2) is 0 Å². The summed E-state index contributed by atoms with van der Waals surface area (Å²) in [5, 5.41) is 0. The van der Waals surface area contributed by atoms with Gasteiger partial charge in [0.05, 0.1) is 0 Å². The predicted molar refractivity (Wildman–Crippen MR) is 113 cm³/mol. The predicted octanol–water partition coefficient (Wildman–Crippen LogP) is 3.16. The van der Waals surface area contributed by atoms with Gasteiger partial charge in [-0.3, -0.25) is 14.5 Å². The van der Waals surface area contributed by atoms with Gasteiger partial charge in [-0.1, -0.05) is 39.3 Å². The van der Waals surface area contributed by atoms with Crippen LogP contribution >= 0.6 is 0 Å². The largest absolute Gasteiger partial charge is 0.340 e. The Morgan fingerprint density at radius 1 is 1.18 bits per heavy atom. The highest BCUT2D eigenvalue weighted by Crippen LogP contribution is 2.59. The molecular formula is C23H39N3O2. The van der Waals surface area contributed by atoms with E-state index in [4.69, 9.17) is 0 Å². The van der Waals surface area contributed by atoms with Crippen LogP contribution in [0.4, 0.5) is 0 Å². The SMILES string of the molecule is CCCC(=O)N1CCN(CCN(CC2=CCC3CC2C3(C)C)C(=O)CC)CC1. The first-order chi connectivity index (χ1) is 13.4. The summed E-state index contributed by atoms with van der Waals surface area (Å²) in [6.07, 6.45) is 7.05. The third-order valence-corrected chi connectivity index (χ3v) is 7.49. The molecule has 0 N–H and O–H groups in total. The molecular weight excluding hydrogens is 350 g/mol. The number of fused-ring (bicyclic) bond motifs is 1. The summed E-state index contributed by atoms with van der Waals surface area (Å²) in [6, 6.07) is 0. The number of hydrogen-bond donors (Lipinski definition) is 0. The summed E-state index contributed by atoms with van der Waals surface area (Å²) in [4.78, 5) is 31.1. The van der Waals surface area contributed by atoms with Crippen LogP contribution in [0.5, 0.6) is 0 Å². The fraction of sp³-hybridized carbons (Fsp3) is 0.826. The van der Waals surface area contributed by atoms with Crippen LogP contribution in [-0.4, -0.2) is 72.3 Å². The molecule has 5 nitrogen and oxygen atoms in total. The number of rotatable bonds is 8. The van der Waals surface area contributed by atoms with Crippen molar-refractivity contribution in [2.45, 2.75) is 59.8 Å². The fourth-order valence-corrected chi connectivity index (χ4v) is 5.25. The summed E-state index contributed by atoms with van der Waals surface area (Å²) in [6.45, 7) is 14.8. The average molecular weight is 390 g/mol. The molecule has 0 aromatic carbocycles. The molecule has 0 spiro atoms. The maximum absolute atomic E-state index is 12.6. The van der Waals surface area contributed by atoms with Gasteiger partial charge >= 0.3 is 0 Å². The molecule has 1 aliphatic heterocycles. The molecule has 0 radical (unpaired) electrons. The van der Waals surface area contributed by atoms with E-state index in [1.165, 1.54) is 18.4 Å². The van der Waals surface area contributed by atoms with Crippen molar-refractivity contribution in [3.63, 3.8) is 0 Å². The van der Waals surface area contributed by atoms with Crippen LogP contribution in [0.1, 0.15) is 59.8 Å². The number of carbonyl (C=O) groups excluding carboxylic acids is 2. The van der Waals surface area contributed by atoms with Gasteiger partial charge in [0.2, 0.25) is 11.8 Å². The maximum atomic E-state index is 12.6. The van der Waals surface area contributed by atoms with E-state index in [2.05, 4.69) is 36.6 Å². The number of allylic oxidation sites excluding steroid dienone is 1. The molecule has 2 amide bonds. The molecule has 1 saturated carbocycles. The number of piperazine rings is 1. The maximum Gasteiger partial charge on any atom is 0.222 e. The smallest absolute Gasteiger partial charge is 0.222 e. The van der Waals surface area contributed by atoms with E-state index >= 15 is 0 Å². The molecule has 2 unspecified atom stereocenters. The second kappa shape index (κ2) is 8.98. The van der Waals surface area contributed by atoms with Crippen molar-refractivity contribution in [2.75, 3.05) is 45.8 Å². The minimum absolute atomic E-state index is 0.261. The second-order valence-corrected chi connectivity index (χ2v) is 9.46. The third-order valence-electron chi connectivity index (χ3n) is 7.49. The third kappa shape index (κ3) is 4.45. The van der Waals surface area contributed by atoms with Crippen LogP contribution < -0.4 is 0 Å². The molecule has 5 heteroatoms. The summed E-state index contributed by atoms with van der Waals surface area (Å²) in [5.74, 6) is 2.04. The Morgan fingerprint density at radius 3 is 2.46 bits per heavy atom. The van der Waals surface area contributed by atoms with Crippen LogP contribution in [-0.2, 0) is 9.59 Å². The Kier molecular flexibility index (Phi) is 6.85. The number of nitrogens with zero attached hydrogens (tertiary/aromatic N) is 3. The molecule has 1 saturated heterocycles. The van der Waals surface area contributed by atoms with Crippen molar-refractivity contribution in [1.82, 2.24) is 14.7 Å². The fourth-order valence-electron chi connectivity index (χ4n) is 5.25. The molecule has 158 valence electrons. The van der Waals surface area contributed by atoms with Gasteiger partial charge in [-0.05, 0) is 36.5 Å². The van der Waals surface area contributed by atoms with Crippen molar-refractivity contribution in [3.05, 3.63) is 11.6 Å². The van der Waals surface area contributed by atoms with Crippen molar-refractivity contribution in [1.29, 1.82) is 0 Å². The highest BCUT2D eigenvalue weighted by atomic mass is 16.2. The molecule has 4 aliphatic rings. The molecule has 28 heavy (non-hydrogen) atoms. The summed E-state index contributed by atoms with van der Waals surface area (Å²) >= 11 is 0. The van der Waals surface area contributed by atoms with Gasteiger partial charge in [0.25, 0.3) is 0 Å². The van der Waals surface area contributed by atoms with Crippen LogP contribution in [0.15, 0.2) is 11.6 Å². The lowest BCUT2D eigenvalue weighted by atomic mass is 9.49. The average Bonchev–Trinajstić information content (AvgIpc) is 2.71. The van der Waals surface area contributed by atoms with Gasteiger partial charge in [-0.2, -0.15) is 0 Å². The van der Waals surface area contributed by atoms with Crippen molar-refractivity contribution in [3.8, 4) is 0 Å². The van der Waals surface area contributed by atoms with Gasteiger partial charge in [0.15, 0.2) is 0 Å².